The van der Waals surface area contributed by atoms with Crippen LogP contribution in [0.2, 0.25) is 0 Å². The summed E-state index contributed by atoms with van der Waals surface area (Å²) < 4.78 is 12.0. The Morgan fingerprint density at radius 2 is 2.08 bits per heavy atom. The van der Waals surface area contributed by atoms with Gasteiger partial charge in [-0.05, 0) is 30.4 Å². The Balaban J connectivity index is 1.48. The third-order valence-electron chi connectivity index (χ3n) is 5.66. The van der Waals surface area contributed by atoms with Crippen LogP contribution in [0.4, 0.5) is 0 Å². The van der Waals surface area contributed by atoms with Crippen molar-refractivity contribution in [1.29, 1.82) is 5.26 Å². The van der Waals surface area contributed by atoms with Crippen LogP contribution in [0, 0.1) is 11.3 Å². The fraction of sp³-hybridized carbons (Fsp3) is 0.526. The molecule has 1 unspecified atom stereocenters. The highest BCUT2D eigenvalue weighted by atomic mass is 16.5. The number of aliphatic imine (C=N–C) groups is 1. The number of nitrogens with zero attached hydrogens (tertiary/aromatic N) is 3. The molecule has 1 fully saturated rings. The highest BCUT2D eigenvalue weighted by Gasteiger charge is 2.49. The number of piperidine rings is 1. The van der Waals surface area contributed by atoms with E-state index in [-0.39, 0.29) is 17.9 Å². The van der Waals surface area contributed by atoms with Crippen molar-refractivity contribution in [1.82, 2.24) is 4.90 Å². The van der Waals surface area contributed by atoms with Crippen LogP contribution in [0.25, 0.3) is 0 Å². The van der Waals surface area contributed by atoms with Crippen LogP contribution in [-0.4, -0.2) is 35.5 Å². The van der Waals surface area contributed by atoms with E-state index in [9.17, 15) is 4.79 Å². The molecule has 1 aromatic rings. The van der Waals surface area contributed by atoms with Gasteiger partial charge in [0.2, 0.25) is 5.60 Å². The van der Waals surface area contributed by atoms with Gasteiger partial charge in [0.15, 0.2) is 0 Å². The van der Waals surface area contributed by atoms with Crippen LogP contribution in [0.3, 0.4) is 0 Å². The Kier molecular flexibility index (Phi) is 3.77. The lowest BCUT2D eigenvalue weighted by Crippen LogP contribution is -2.46. The highest BCUT2D eigenvalue weighted by Crippen LogP contribution is 2.44. The van der Waals surface area contributed by atoms with Gasteiger partial charge in [0.05, 0.1) is 24.7 Å². The first-order chi connectivity index (χ1) is 12.1. The molecule has 3 heterocycles. The second-order valence-electron chi connectivity index (χ2n) is 6.91. The number of amides is 1. The molecule has 25 heavy (non-hydrogen) atoms. The van der Waals surface area contributed by atoms with Crippen LogP contribution in [0.15, 0.2) is 29.3 Å². The molecular formula is C19H21N3O3. The number of benzene rings is 1. The van der Waals surface area contributed by atoms with Gasteiger partial charge in [-0.2, -0.15) is 10.3 Å². The van der Waals surface area contributed by atoms with Gasteiger partial charge in [-0.3, -0.25) is 4.79 Å². The van der Waals surface area contributed by atoms with E-state index in [0.29, 0.717) is 32.1 Å². The van der Waals surface area contributed by atoms with Gasteiger partial charge in [-0.1, -0.05) is 31.2 Å². The van der Waals surface area contributed by atoms with Crippen molar-refractivity contribution < 1.29 is 14.3 Å². The molecule has 0 aliphatic carbocycles. The molecule has 0 bridgehead atoms. The minimum atomic E-state index is -1.10. The SMILES string of the molecule is CCC1(CC#N)OC(N2CCC3(CC2)OCc2ccccc23)=NC1=O. The van der Waals surface area contributed by atoms with Crippen molar-refractivity contribution in [2.45, 2.75) is 50.4 Å². The van der Waals surface area contributed by atoms with E-state index in [1.165, 1.54) is 11.1 Å². The zero-order valence-electron chi connectivity index (χ0n) is 14.3. The first kappa shape index (κ1) is 16.1. The lowest BCUT2D eigenvalue weighted by atomic mass is 9.84. The number of likely N-dealkylation sites (tertiary alicyclic amines) is 1. The van der Waals surface area contributed by atoms with Crippen molar-refractivity contribution in [3.8, 4) is 6.07 Å². The molecular weight excluding hydrogens is 318 g/mol. The van der Waals surface area contributed by atoms with Crippen LogP contribution in [0.5, 0.6) is 0 Å². The number of carbonyl (C=O) groups excluding carboxylic acids is 1. The Morgan fingerprint density at radius 3 is 2.80 bits per heavy atom. The van der Waals surface area contributed by atoms with Crippen molar-refractivity contribution in [3.05, 3.63) is 35.4 Å². The normalized spacial score (nSPS) is 27.0. The Labute approximate surface area is 147 Å². The molecule has 6 heteroatoms. The fourth-order valence-corrected chi connectivity index (χ4v) is 4.01. The number of fused-ring (bicyclic) bond motifs is 2. The average Bonchev–Trinajstić information content (AvgIpc) is 3.16. The zero-order valence-corrected chi connectivity index (χ0v) is 14.3. The molecule has 4 rings (SSSR count). The second kappa shape index (κ2) is 5.85. The molecule has 1 saturated heterocycles. The molecule has 1 spiro atoms. The monoisotopic (exact) mass is 339 g/mol. The lowest BCUT2D eigenvalue weighted by molar-refractivity contribution is -0.131. The predicted octanol–water partition coefficient (Wildman–Crippen LogP) is 2.48. The topological polar surface area (TPSA) is 74.9 Å². The standard InChI is InChI=1S/C19H21N3O3/c1-2-18(7-10-20)16(23)21-17(25-18)22-11-8-19(9-12-22)15-6-4-3-5-14(15)13-24-19/h3-6H,2,7-9,11-13H2,1H3. The molecule has 0 radical (unpaired) electrons. The van der Waals surface area contributed by atoms with Crippen LogP contribution < -0.4 is 0 Å². The molecule has 3 aliphatic heterocycles. The number of rotatable bonds is 2. The summed E-state index contributed by atoms with van der Waals surface area (Å²) in [5.74, 6) is -0.339. The quantitative estimate of drug-likeness (QED) is 0.827. The summed E-state index contributed by atoms with van der Waals surface area (Å²) in [5, 5.41) is 9.01. The van der Waals surface area contributed by atoms with Gasteiger partial charge >= 0.3 is 0 Å². The van der Waals surface area contributed by atoms with Gasteiger partial charge in [-0.25, -0.2) is 0 Å². The molecule has 0 saturated carbocycles. The molecule has 1 aromatic carbocycles. The summed E-state index contributed by atoms with van der Waals surface area (Å²) in [6.45, 7) is 3.94. The van der Waals surface area contributed by atoms with Crippen LogP contribution >= 0.6 is 0 Å². The van der Waals surface area contributed by atoms with Gasteiger partial charge in [0, 0.05) is 13.1 Å². The van der Waals surface area contributed by atoms with Gasteiger partial charge < -0.3 is 14.4 Å². The van der Waals surface area contributed by atoms with E-state index in [1.807, 2.05) is 24.0 Å². The van der Waals surface area contributed by atoms with Crippen LogP contribution in [0.1, 0.15) is 43.7 Å². The largest absolute Gasteiger partial charge is 0.447 e. The number of hydrogen-bond acceptors (Lipinski definition) is 5. The van der Waals surface area contributed by atoms with E-state index in [2.05, 4.69) is 23.2 Å². The minimum absolute atomic E-state index is 0.0313. The average molecular weight is 339 g/mol. The summed E-state index contributed by atoms with van der Waals surface area (Å²) >= 11 is 0. The zero-order chi connectivity index (χ0) is 17.5. The molecule has 130 valence electrons. The van der Waals surface area contributed by atoms with Gasteiger partial charge in [-0.15, -0.1) is 0 Å². The van der Waals surface area contributed by atoms with Crippen molar-refractivity contribution in [2.75, 3.05) is 13.1 Å². The fourth-order valence-electron chi connectivity index (χ4n) is 4.01. The maximum Gasteiger partial charge on any atom is 0.296 e. The van der Waals surface area contributed by atoms with E-state index in [4.69, 9.17) is 14.7 Å². The Morgan fingerprint density at radius 1 is 1.32 bits per heavy atom. The third kappa shape index (κ3) is 2.42. The summed E-state index contributed by atoms with van der Waals surface area (Å²) in [4.78, 5) is 18.4. The summed E-state index contributed by atoms with van der Waals surface area (Å²) in [6.07, 6.45) is 2.14. The van der Waals surface area contributed by atoms with Crippen molar-refractivity contribution in [2.24, 2.45) is 4.99 Å². The highest BCUT2D eigenvalue weighted by molar-refractivity contribution is 6.01. The van der Waals surface area contributed by atoms with Crippen LogP contribution in [-0.2, 0) is 26.5 Å². The summed E-state index contributed by atoms with van der Waals surface area (Å²) in [6, 6.07) is 10.8. The van der Waals surface area contributed by atoms with Crippen molar-refractivity contribution >= 4 is 11.9 Å². The number of carbonyl (C=O) groups is 1. The number of nitriles is 1. The second-order valence-corrected chi connectivity index (χ2v) is 6.91. The smallest absolute Gasteiger partial charge is 0.296 e. The first-order valence-electron chi connectivity index (χ1n) is 8.79. The lowest BCUT2D eigenvalue weighted by Gasteiger charge is -2.39. The van der Waals surface area contributed by atoms with E-state index < -0.39 is 5.60 Å². The number of ether oxygens (including phenoxy) is 2. The molecule has 1 atom stereocenters. The first-order valence-corrected chi connectivity index (χ1v) is 8.79. The number of amidine groups is 1. The minimum Gasteiger partial charge on any atom is -0.447 e. The third-order valence-corrected chi connectivity index (χ3v) is 5.66. The molecule has 1 amide bonds. The maximum absolute atomic E-state index is 12.3. The molecule has 0 aromatic heterocycles. The predicted molar refractivity (Wildman–Crippen MR) is 90.5 cm³/mol. The summed E-state index contributed by atoms with van der Waals surface area (Å²) in [5.41, 5.74) is 1.22. The van der Waals surface area contributed by atoms with E-state index in [1.54, 1.807) is 0 Å². The van der Waals surface area contributed by atoms with Gasteiger partial charge in [0.25, 0.3) is 11.9 Å². The van der Waals surface area contributed by atoms with Crippen molar-refractivity contribution in [3.63, 3.8) is 0 Å². The van der Waals surface area contributed by atoms with E-state index in [0.717, 1.165) is 12.8 Å². The molecule has 3 aliphatic rings. The number of hydrogen-bond donors (Lipinski definition) is 0. The van der Waals surface area contributed by atoms with Gasteiger partial charge in [0.1, 0.15) is 0 Å². The van der Waals surface area contributed by atoms with E-state index >= 15 is 0 Å². The Hall–Kier alpha value is -2.39. The molecule has 6 nitrogen and oxygen atoms in total. The Bertz CT molecular complexity index is 774. The molecule has 0 N–H and O–H groups in total. The maximum atomic E-state index is 12.3. The summed E-state index contributed by atoms with van der Waals surface area (Å²) in [7, 11) is 0.